The Kier molecular flexibility index (Phi) is 5.40. The number of aliphatic hydroxyl groups is 1. The zero-order valence-corrected chi connectivity index (χ0v) is 12.8. The molecular weight excluding hydrogens is 252 g/mol. The molecule has 20 heavy (non-hydrogen) atoms. The predicted molar refractivity (Wildman–Crippen MR) is 81.2 cm³/mol. The molecule has 1 aromatic rings. The first kappa shape index (κ1) is 15.3. The SMILES string of the molecule is Cc1ccc(OCCN2CCN(C)CC2)c([C@@H](C)O)c1. The van der Waals surface area contributed by atoms with Gasteiger partial charge >= 0.3 is 0 Å². The van der Waals surface area contributed by atoms with E-state index in [1.165, 1.54) is 0 Å². The van der Waals surface area contributed by atoms with E-state index in [4.69, 9.17) is 4.74 Å². The normalized spacial score (nSPS) is 19.0. The molecule has 1 aliphatic heterocycles. The lowest BCUT2D eigenvalue weighted by Gasteiger charge is -2.32. The van der Waals surface area contributed by atoms with Gasteiger partial charge in [0.15, 0.2) is 0 Å². The van der Waals surface area contributed by atoms with Crippen molar-refractivity contribution in [2.45, 2.75) is 20.0 Å². The van der Waals surface area contributed by atoms with Crippen LogP contribution in [-0.4, -0.2) is 61.3 Å². The Morgan fingerprint density at radius 1 is 1.25 bits per heavy atom. The molecule has 2 rings (SSSR count). The maximum Gasteiger partial charge on any atom is 0.125 e. The molecule has 1 aliphatic rings. The van der Waals surface area contributed by atoms with E-state index in [2.05, 4.69) is 16.8 Å². The van der Waals surface area contributed by atoms with Gasteiger partial charge in [-0.1, -0.05) is 11.6 Å². The van der Waals surface area contributed by atoms with Crippen LogP contribution in [0.15, 0.2) is 18.2 Å². The van der Waals surface area contributed by atoms with Gasteiger partial charge in [-0.2, -0.15) is 0 Å². The Morgan fingerprint density at radius 2 is 1.95 bits per heavy atom. The summed E-state index contributed by atoms with van der Waals surface area (Å²) >= 11 is 0. The largest absolute Gasteiger partial charge is 0.492 e. The number of rotatable bonds is 5. The third kappa shape index (κ3) is 4.20. The van der Waals surface area contributed by atoms with E-state index in [9.17, 15) is 5.11 Å². The maximum absolute atomic E-state index is 9.81. The molecule has 4 nitrogen and oxygen atoms in total. The lowest BCUT2D eigenvalue weighted by atomic mass is 10.1. The molecule has 0 spiro atoms. The molecule has 1 N–H and O–H groups in total. The smallest absolute Gasteiger partial charge is 0.125 e. The number of ether oxygens (including phenoxy) is 1. The number of piperazine rings is 1. The highest BCUT2D eigenvalue weighted by atomic mass is 16.5. The first-order valence-electron chi connectivity index (χ1n) is 7.38. The number of benzene rings is 1. The molecule has 1 atom stereocenters. The highest BCUT2D eigenvalue weighted by molar-refractivity contribution is 5.38. The van der Waals surface area contributed by atoms with Crippen molar-refractivity contribution < 1.29 is 9.84 Å². The zero-order valence-electron chi connectivity index (χ0n) is 12.8. The van der Waals surface area contributed by atoms with Crippen molar-refractivity contribution in [2.75, 3.05) is 46.4 Å². The van der Waals surface area contributed by atoms with E-state index >= 15 is 0 Å². The van der Waals surface area contributed by atoms with Gasteiger partial charge in [0.25, 0.3) is 0 Å². The standard InChI is InChI=1S/C16H26N2O2/c1-13-4-5-16(15(12-13)14(2)19)20-11-10-18-8-6-17(3)7-9-18/h4-5,12,14,19H,6-11H2,1-3H3/t14-/m1/s1. The Labute approximate surface area is 122 Å². The first-order chi connectivity index (χ1) is 9.56. The number of likely N-dealkylation sites (N-methyl/N-ethyl adjacent to an activating group) is 1. The van der Waals surface area contributed by atoms with Crippen molar-refractivity contribution >= 4 is 0 Å². The molecule has 0 amide bonds. The summed E-state index contributed by atoms with van der Waals surface area (Å²) < 4.78 is 5.87. The fraction of sp³-hybridized carbons (Fsp3) is 0.625. The minimum atomic E-state index is -0.492. The van der Waals surface area contributed by atoms with Crippen LogP contribution in [0.1, 0.15) is 24.2 Å². The van der Waals surface area contributed by atoms with Gasteiger partial charge in [0, 0.05) is 38.3 Å². The Hall–Kier alpha value is -1.10. The van der Waals surface area contributed by atoms with Crippen LogP contribution in [0.4, 0.5) is 0 Å². The first-order valence-corrected chi connectivity index (χ1v) is 7.38. The van der Waals surface area contributed by atoms with Crippen LogP contribution in [0.5, 0.6) is 5.75 Å². The van der Waals surface area contributed by atoms with E-state index in [-0.39, 0.29) is 0 Å². The fourth-order valence-corrected chi connectivity index (χ4v) is 2.48. The second-order valence-electron chi connectivity index (χ2n) is 5.71. The lowest BCUT2D eigenvalue weighted by Crippen LogP contribution is -2.45. The summed E-state index contributed by atoms with van der Waals surface area (Å²) in [4.78, 5) is 4.78. The summed E-state index contributed by atoms with van der Waals surface area (Å²) in [7, 11) is 2.16. The summed E-state index contributed by atoms with van der Waals surface area (Å²) in [6, 6.07) is 5.98. The molecule has 1 aromatic carbocycles. The minimum absolute atomic E-state index is 0.492. The second-order valence-corrected chi connectivity index (χ2v) is 5.71. The topological polar surface area (TPSA) is 35.9 Å². The van der Waals surface area contributed by atoms with Gasteiger partial charge in [0.05, 0.1) is 6.10 Å². The van der Waals surface area contributed by atoms with Crippen LogP contribution in [0.3, 0.4) is 0 Å². The molecule has 1 saturated heterocycles. The van der Waals surface area contributed by atoms with Gasteiger partial charge < -0.3 is 14.7 Å². The molecule has 0 radical (unpaired) electrons. The third-order valence-electron chi connectivity index (χ3n) is 3.88. The van der Waals surface area contributed by atoms with Crippen molar-refractivity contribution in [3.63, 3.8) is 0 Å². The van der Waals surface area contributed by atoms with Crippen LogP contribution in [-0.2, 0) is 0 Å². The number of nitrogens with zero attached hydrogens (tertiary/aromatic N) is 2. The Morgan fingerprint density at radius 3 is 2.60 bits per heavy atom. The van der Waals surface area contributed by atoms with Gasteiger partial charge in [0.2, 0.25) is 0 Å². The molecule has 0 aliphatic carbocycles. The number of hydrogen-bond donors (Lipinski definition) is 1. The average molecular weight is 278 g/mol. The van der Waals surface area contributed by atoms with Gasteiger partial charge in [-0.15, -0.1) is 0 Å². The molecule has 1 fully saturated rings. The van der Waals surface area contributed by atoms with Crippen LogP contribution in [0.25, 0.3) is 0 Å². The number of aliphatic hydroxyl groups excluding tert-OH is 1. The molecule has 112 valence electrons. The maximum atomic E-state index is 9.81. The Balaban J connectivity index is 1.85. The van der Waals surface area contributed by atoms with Crippen LogP contribution in [0, 0.1) is 6.92 Å². The average Bonchev–Trinajstić information content (AvgIpc) is 2.42. The van der Waals surface area contributed by atoms with Crippen molar-refractivity contribution in [1.29, 1.82) is 0 Å². The van der Waals surface area contributed by atoms with E-state index < -0.39 is 6.10 Å². The fourth-order valence-electron chi connectivity index (χ4n) is 2.48. The summed E-state index contributed by atoms with van der Waals surface area (Å²) in [5.41, 5.74) is 2.02. The highest BCUT2D eigenvalue weighted by Crippen LogP contribution is 2.26. The minimum Gasteiger partial charge on any atom is -0.492 e. The molecule has 0 saturated carbocycles. The molecule has 0 aromatic heterocycles. The second kappa shape index (κ2) is 7.07. The monoisotopic (exact) mass is 278 g/mol. The lowest BCUT2D eigenvalue weighted by molar-refractivity contribution is 0.131. The number of aryl methyl sites for hydroxylation is 1. The van der Waals surface area contributed by atoms with E-state index in [0.717, 1.165) is 49.6 Å². The highest BCUT2D eigenvalue weighted by Gasteiger charge is 2.14. The Bertz CT molecular complexity index is 426. The van der Waals surface area contributed by atoms with Crippen molar-refractivity contribution in [2.24, 2.45) is 0 Å². The van der Waals surface area contributed by atoms with E-state index in [1.807, 2.05) is 25.1 Å². The molecule has 1 heterocycles. The van der Waals surface area contributed by atoms with E-state index in [1.54, 1.807) is 6.92 Å². The van der Waals surface area contributed by atoms with Crippen LogP contribution in [0.2, 0.25) is 0 Å². The summed E-state index contributed by atoms with van der Waals surface area (Å²) in [6.07, 6.45) is -0.492. The summed E-state index contributed by atoms with van der Waals surface area (Å²) in [6.45, 7) is 9.90. The van der Waals surface area contributed by atoms with Gasteiger partial charge in [-0.25, -0.2) is 0 Å². The van der Waals surface area contributed by atoms with Gasteiger partial charge in [0.1, 0.15) is 12.4 Å². The van der Waals surface area contributed by atoms with Crippen molar-refractivity contribution in [3.8, 4) is 5.75 Å². The molecule has 0 unspecified atom stereocenters. The molecule has 0 bridgehead atoms. The summed E-state index contributed by atoms with van der Waals surface area (Å²) in [5, 5.41) is 9.81. The van der Waals surface area contributed by atoms with Crippen LogP contribution >= 0.6 is 0 Å². The molecular formula is C16H26N2O2. The van der Waals surface area contributed by atoms with Gasteiger partial charge in [-0.3, -0.25) is 4.90 Å². The predicted octanol–water partition coefficient (Wildman–Crippen LogP) is 1.67. The third-order valence-corrected chi connectivity index (χ3v) is 3.88. The van der Waals surface area contributed by atoms with E-state index in [0.29, 0.717) is 6.61 Å². The number of hydrogen-bond acceptors (Lipinski definition) is 4. The zero-order chi connectivity index (χ0) is 14.5. The van der Waals surface area contributed by atoms with Gasteiger partial charge in [-0.05, 0) is 33.0 Å². The van der Waals surface area contributed by atoms with Crippen molar-refractivity contribution in [3.05, 3.63) is 29.3 Å². The molecule has 4 heteroatoms. The quantitative estimate of drug-likeness (QED) is 0.889. The van der Waals surface area contributed by atoms with Crippen molar-refractivity contribution in [1.82, 2.24) is 9.80 Å². The summed E-state index contributed by atoms with van der Waals surface area (Å²) in [5.74, 6) is 0.805. The van der Waals surface area contributed by atoms with Crippen LogP contribution < -0.4 is 4.74 Å².